The summed E-state index contributed by atoms with van der Waals surface area (Å²) < 4.78 is 16.8. The van der Waals surface area contributed by atoms with Gasteiger partial charge in [0.1, 0.15) is 5.75 Å². The number of aromatic nitrogens is 1. The van der Waals surface area contributed by atoms with E-state index in [2.05, 4.69) is 21.7 Å². The standard InChI is InChI=1S/C30H35N5O5/c1-5-32(3)24-8-11-28(31-18-24)40-25-10-7-23(16-21(25)2)33(4)29(36)30(37)35-14-12-34(13-15-35)19-22-6-9-26-27(17-22)39-20-38-26/h6-11,16-18H,5,12-15,19-20H2,1-4H3. The Kier molecular flexibility index (Phi) is 8.06. The van der Waals surface area contributed by atoms with Gasteiger partial charge in [-0.05, 0) is 61.4 Å². The molecule has 2 aromatic carbocycles. The molecule has 10 nitrogen and oxygen atoms in total. The highest BCUT2D eigenvalue weighted by Gasteiger charge is 2.29. The molecule has 2 aliphatic rings. The Hall–Kier alpha value is -4.31. The van der Waals surface area contributed by atoms with Crippen LogP contribution in [0.25, 0.3) is 0 Å². The Bertz CT molecular complexity index is 1370. The first kappa shape index (κ1) is 27.3. The number of hydrogen-bond donors (Lipinski definition) is 0. The number of piperazine rings is 1. The van der Waals surface area contributed by atoms with Gasteiger partial charge in [0, 0.05) is 65.1 Å². The second-order valence-electron chi connectivity index (χ2n) is 10.0. The number of aryl methyl sites for hydroxylation is 1. The highest BCUT2D eigenvalue weighted by Crippen LogP contribution is 2.33. The van der Waals surface area contributed by atoms with Gasteiger partial charge in [0.25, 0.3) is 0 Å². The quantitative estimate of drug-likeness (QED) is 0.416. The van der Waals surface area contributed by atoms with Crippen molar-refractivity contribution in [2.45, 2.75) is 20.4 Å². The molecule has 0 aliphatic carbocycles. The third-order valence-corrected chi connectivity index (χ3v) is 7.39. The number of anilines is 2. The van der Waals surface area contributed by atoms with E-state index in [0.29, 0.717) is 43.5 Å². The maximum atomic E-state index is 13.1. The predicted molar refractivity (Wildman–Crippen MR) is 152 cm³/mol. The minimum Gasteiger partial charge on any atom is -0.454 e. The van der Waals surface area contributed by atoms with Crippen molar-refractivity contribution in [2.24, 2.45) is 0 Å². The molecule has 0 unspecified atom stereocenters. The molecule has 40 heavy (non-hydrogen) atoms. The van der Waals surface area contributed by atoms with Gasteiger partial charge in [0.05, 0.1) is 11.9 Å². The molecule has 2 aliphatic heterocycles. The van der Waals surface area contributed by atoms with Gasteiger partial charge in [-0.1, -0.05) is 6.07 Å². The monoisotopic (exact) mass is 545 g/mol. The summed E-state index contributed by atoms with van der Waals surface area (Å²) in [6, 6.07) is 15.1. The highest BCUT2D eigenvalue weighted by molar-refractivity contribution is 6.40. The third-order valence-electron chi connectivity index (χ3n) is 7.39. The van der Waals surface area contributed by atoms with Gasteiger partial charge in [-0.2, -0.15) is 0 Å². The second-order valence-corrected chi connectivity index (χ2v) is 10.0. The lowest BCUT2D eigenvalue weighted by molar-refractivity contribution is -0.145. The van der Waals surface area contributed by atoms with Crippen LogP contribution in [0.15, 0.2) is 54.7 Å². The van der Waals surface area contributed by atoms with Gasteiger partial charge in [0.15, 0.2) is 11.5 Å². The van der Waals surface area contributed by atoms with Crippen molar-refractivity contribution in [1.82, 2.24) is 14.8 Å². The minimum atomic E-state index is -0.561. The van der Waals surface area contributed by atoms with Crippen LogP contribution in [-0.4, -0.2) is 80.2 Å². The summed E-state index contributed by atoms with van der Waals surface area (Å²) >= 11 is 0. The van der Waals surface area contributed by atoms with Gasteiger partial charge < -0.3 is 28.9 Å². The number of rotatable bonds is 7. The summed E-state index contributed by atoms with van der Waals surface area (Å²) in [7, 11) is 3.63. The number of nitrogens with zero attached hydrogens (tertiary/aromatic N) is 5. The highest BCUT2D eigenvalue weighted by atomic mass is 16.7. The van der Waals surface area contributed by atoms with E-state index in [9.17, 15) is 9.59 Å². The lowest BCUT2D eigenvalue weighted by Crippen LogP contribution is -2.52. The predicted octanol–water partition coefficient (Wildman–Crippen LogP) is 3.67. The molecule has 0 spiro atoms. The van der Waals surface area contributed by atoms with Crippen LogP contribution >= 0.6 is 0 Å². The molecule has 3 heterocycles. The van der Waals surface area contributed by atoms with Crippen LogP contribution in [0.3, 0.4) is 0 Å². The summed E-state index contributed by atoms with van der Waals surface area (Å²) in [5.74, 6) is 1.60. The van der Waals surface area contributed by atoms with Crippen LogP contribution in [-0.2, 0) is 16.1 Å². The summed E-state index contributed by atoms with van der Waals surface area (Å²) in [5, 5.41) is 0. The van der Waals surface area contributed by atoms with Crippen LogP contribution in [0.1, 0.15) is 18.1 Å². The number of amides is 2. The van der Waals surface area contributed by atoms with Gasteiger partial charge in [-0.25, -0.2) is 4.98 Å². The molecular weight excluding hydrogens is 510 g/mol. The minimum absolute atomic E-state index is 0.253. The molecule has 0 bridgehead atoms. The Morgan fingerprint density at radius 3 is 2.40 bits per heavy atom. The molecule has 0 saturated carbocycles. The van der Waals surface area contributed by atoms with Crippen molar-refractivity contribution in [3.05, 3.63) is 65.9 Å². The molecule has 1 saturated heterocycles. The first-order valence-corrected chi connectivity index (χ1v) is 13.5. The molecule has 0 N–H and O–H groups in total. The molecule has 0 atom stereocenters. The van der Waals surface area contributed by atoms with Crippen molar-refractivity contribution in [3.8, 4) is 23.1 Å². The van der Waals surface area contributed by atoms with E-state index in [4.69, 9.17) is 14.2 Å². The summed E-state index contributed by atoms with van der Waals surface area (Å²) in [5.41, 5.74) is 3.59. The van der Waals surface area contributed by atoms with Crippen LogP contribution in [0.2, 0.25) is 0 Å². The number of ether oxygens (including phenoxy) is 3. The molecular formula is C30H35N5O5. The van der Waals surface area contributed by atoms with Crippen LogP contribution < -0.4 is 24.0 Å². The topological polar surface area (TPSA) is 87.7 Å². The van der Waals surface area contributed by atoms with Crippen LogP contribution in [0.4, 0.5) is 11.4 Å². The Labute approximate surface area is 234 Å². The van der Waals surface area contributed by atoms with Gasteiger partial charge >= 0.3 is 11.8 Å². The number of carbonyl (C=O) groups excluding carboxylic acids is 2. The zero-order valence-electron chi connectivity index (χ0n) is 23.4. The molecule has 0 radical (unpaired) electrons. The summed E-state index contributed by atoms with van der Waals surface area (Å²) in [6.45, 7) is 8.22. The summed E-state index contributed by atoms with van der Waals surface area (Å²) in [6.07, 6.45) is 1.78. The third kappa shape index (κ3) is 5.96. The van der Waals surface area contributed by atoms with Gasteiger partial charge in [0.2, 0.25) is 12.7 Å². The molecule has 210 valence electrons. The van der Waals surface area contributed by atoms with Gasteiger partial charge in [-0.3, -0.25) is 14.5 Å². The van der Waals surface area contributed by atoms with E-state index in [-0.39, 0.29) is 6.79 Å². The first-order valence-electron chi connectivity index (χ1n) is 13.5. The number of fused-ring (bicyclic) bond motifs is 1. The zero-order chi connectivity index (χ0) is 28.2. The number of benzene rings is 2. The van der Waals surface area contributed by atoms with Crippen LogP contribution in [0.5, 0.6) is 23.1 Å². The van der Waals surface area contributed by atoms with Crippen LogP contribution in [0, 0.1) is 6.92 Å². The Balaban J connectivity index is 1.14. The van der Waals surface area contributed by atoms with Crippen molar-refractivity contribution in [1.29, 1.82) is 0 Å². The molecule has 5 rings (SSSR count). The maximum Gasteiger partial charge on any atom is 0.316 e. The van der Waals surface area contributed by atoms with Crippen molar-refractivity contribution >= 4 is 23.2 Å². The molecule has 10 heteroatoms. The Morgan fingerprint density at radius 1 is 0.950 bits per heavy atom. The van der Waals surface area contributed by atoms with E-state index >= 15 is 0 Å². The number of hydrogen-bond acceptors (Lipinski definition) is 8. The lowest BCUT2D eigenvalue weighted by Gasteiger charge is -2.35. The molecule has 2 amide bonds. The summed E-state index contributed by atoms with van der Waals surface area (Å²) in [4.78, 5) is 37.9. The first-order chi connectivity index (χ1) is 19.3. The number of likely N-dealkylation sites (N-methyl/N-ethyl adjacent to an activating group) is 1. The van der Waals surface area contributed by atoms with E-state index in [1.807, 2.05) is 50.4 Å². The largest absolute Gasteiger partial charge is 0.454 e. The van der Waals surface area contributed by atoms with E-state index in [1.54, 1.807) is 30.3 Å². The second kappa shape index (κ2) is 11.8. The smallest absolute Gasteiger partial charge is 0.316 e. The molecule has 3 aromatic rings. The molecule has 1 fully saturated rings. The van der Waals surface area contributed by atoms with Crippen molar-refractivity contribution < 1.29 is 23.8 Å². The fourth-order valence-electron chi connectivity index (χ4n) is 4.71. The van der Waals surface area contributed by atoms with Crippen molar-refractivity contribution in [2.75, 3.05) is 63.4 Å². The van der Waals surface area contributed by atoms with E-state index < -0.39 is 11.8 Å². The van der Waals surface area contributed by atoms with E-state index in [1.165, 1.54) is 4.90 Å². The average Bonchev–Trinajstić information content (AvgIpc) is 3.45. The lowest BCUT2D eigenvalue weighted by atomic mass is 10.1. The van der Waals surface area contributed by atoms with Crippen molar-refractivity contribution in [3.63, 3.8) is 0 Å². The number of carbonyl (C=O) groups is 2. The fourth-order valence-corrected chi connectivity index (χ4v) is 4.71. The zero-order valence-corrected chi connectivity index (χ0v) is 23.4. The SMILES string of the molecule is CCN(C)c1ccc(Oc2ccc(N(C)C(=O)C(=O)N3CCN(Cc4ccc5c(c4)OCO5)CC3)cc2C)nc1. The Morgan fingerprint density at radius 2 is 1.70 bits per heavy atom. The number of pyridine rings is 1. The van der Waals surface area contributed by atoms with E-state index in [0.717, 1.165) is 41.4 Å². The normalized spacial score (nSPS) is 14.7. The fraction of sp³-hybridized carbons (Fsp3) is 0.367. The average molecular weight is 546 g/mol. The van der Waals surface area contributed by atoms with Gasteiger partial charge in [-0.15, -0.1) is 0 Å². The molecule has 1 aromatic heterocycles. The maximum absolute atomic E-state index is 13.1.